The average molecular weight is 1280 g/mol. The maximum Gasteiger partial charge on any atom is 0.326 e. The molecule has 0 radical (unpaired) electrons. The number of benzene rings is 2. The maximum absolute atomic E-state index is 14.6. The van der Waals surface area contributed by atoms with Crippen molar-refractivity contribution in [2.75, 3.05) is 19.6 Å². The van der Waals surface area contributed by atoms with Crippen molar-refractivity contribution in [3.05, 3.63) is 59.7 Å². The van der Waals surface area contributed by atoms with Crippen LogP contribution in [0.15, 0.2) is 58.5 Å². The number of carboxylic acid groups (broad SMARTS) is 1. The van der Waals surface area contributed by atoms with Crippen LogP contribution in [-0.4, -0.2) is 160 Å². The third kappa shape index (κ3) is 32.0. The van der Waals surface area contributed by atoms with Crippen molar-refractivity contribution in [1.82, 2.24) is 47.9 Å². The fraction of sp³-hybridized carbons (Fsp3) is 0.613. The predicted octanol–water partition coefficient (Wildman–Crippen LogP) is -0.373. The summed E-state index contributed by atoms with van der Waals surface area (Å²) in [5, 5.41) is 53.6. The lowest BCUT2D eigenvalue weighted by Crippen LogP contribution is -2.61. The minimum absolute atomic E-state index is 0.0260. The van der Waals surface area contributed by atoms with Crippen LogP contribution in [0.2, 0.25) is 0 Å². The number of nitrogens with two attached hydrogens (primary N) is 5. The number of aromatic hydroxyl groups is 2. The molecule has 0 saturated heterocycles. The van der Waals surface area contributed by atoms with Crippen LogP contribution in [0.4, 0.5) is 0 Å². The van der Waals surface area contributed by atoms with Crippen molar-refractivity contribution in [3.8, 4) is 11.5 Å². The number of carbonyl (C=O) groups excluding carboxylic acids is 9. The van der Waals surface area contributed by atoms with Gasteiger partial charge in [0, 0.05) is 25.9 Å². The highest BCUT2D eigenvalue weighted by Crippen LogP contribution is 2.17. The molecule has 0 aliphatic rings. The maximum atomic E-state index is 14.6. The quantitative estimate of drug-likeness (QED) is 0.0229. The zero-order valence-electron chi connectivity index (χ0n) is 54.3. The van der Waals surface area contributed by atoms with E-state index in [0.717, 1.165) is 0 Å². The van der Waals surface area contributed by atoms with E-state index >= 15 is 0 Å². The topological polar surface area (TPSA) is 494 Å². The number of hydrogen-bond acceptors (Lipinski definition) is 15. The number of guanidine groups is 2. The molecule has 91 heavy (non-hydrogen) atoms. The molecular weight excluding hydrogens is 1180 g/mol. The first-order chi connectivity index (χ1) is 42.6. The number of nitrogens with one attached hydrogen (secondary N) is 9. The van der Waals surface area contributed by atoms with Gasteiger partial charge in [0.1, 0.15) is 59.8 Å². The van der Waals surface area contributed by atoms with Gasteiger partial charge in [0.15, 0.2) is 11.9 Å². The van der Waals surface area contributed by atoms with Crippen molar-refractivity contribution in [2.24, 2.45) is 68.2 Å². The van der Waals surface area contributed by atoms with Crippen molar-refractivity contribution in [1.29, 1.82) is 0 Å². The predicted molar refractivity (Wildman–Crippen MR) is 345 cm³/mol. The normalized spacial score (nSPS) is 14.2. The van der Waals surface area contributed by atoms with E-state index in [4.69, 9.17) is 28.7 Å². The zero-order valence-corrected chi connectivity index (χ0v) is 54.3. The van der Waals surface area contributed by atoms with Gasteiger partial charge in [-0.15, -0.1) is 0 Å². The molecule has 29 heteroatoms. The highest BCUT2D eigenvalue weighted by molar-refractivity contribution is 5.98. The summed E-state index contributed by atoms with van der Waals surface area (Å²) in [5.41, 5.74) is 29.2. The van der Waals surface area contributed by atoms with Gasteiger partial charge in [-0.3, -0.25) is 53.1 Å². The first-order valence-electron chi connectivity index (χ1n) is 31.0. The van der Waals surface area contributed by atoms with Gasteiger partial charge in [-0.2, -0.15) is 0 Å². The van der Waals surface area contributed by atoms with E-state index in [2.05, 4.69) is 57.8 Å². The molecule has 0 fully saturated rings. The Morgan fingerprint density at radius 3 is 1.04 bits per heavy atom. The van der Waals surface area contributed by atoms with Crippen molar-refractivity contribution in [2.45, 2.75) is 194 Å². The lowest BCUT2D eigenvalue weighted by Gasteiger charge is -2.29. The fourth-order valence-corrected chi connectivity index (χ4v) is 9.53. The minimum Gasteiger partial charge on any atom is -0.508 e. The molecule has 2 aromatic rings. The molecule has 0 aliphatic heterocycles. The van der Waals surface area contributed by atoms with E-state index in [9.17, 15) is 63.3 Å². The lowest BCUT2D eigenvalue weighted by molar-refractivity contribution is -0.141. The van der Waals surface area contributed by atoms with Gasteiger partial charge in [-0.25, -0.2) is 4.79 Å². The highest BCUT2D eigenvalue weighted by Gasteiger charge is 2.36. The van der Waals surface area contributed by atoms with E-state index in [-0.39, 0.29) is 130 Å². The molecule has 2 aromatic carbocycles. The smallest absolute Gasteiger partial charge is 0.326 e. The average Bonchev–Trinajstić information content (AvgIpc) is 1.94. The summed E-state index contributed by atoms with van der Waals surface area (Å²) < 4.78 is 0. The van der Waals surface area contributed by atoms with E-state index in [0.29, 0.717) is 17.5 Å². The summed E-state index contributed by atoms with van der Waals surface area (Å²) in [7, 11) is 0. The first kappa shape index (κ1) is 78.3. The second kappa shape index (κ2) is 40.1. The molecule has 0 aromatic heterocycles. The highest BCUT2D eigenvalue weighted by atomic mass is 16.4. The molecule has 0 bridgehead atoms. The van der Waals surface area contributed by atoms with Gasteiger partial charge in [0.2, 0.25) is 53.2 Å². The Kier molecular flexibility index (Phi) is 34.5. The number of aliphatic carboxylic acids is 1. The fourth-order valence-electron chi connectivity index (χ4n) is 9.53. The number of carbonyl (C=O) groups is 10. The van der Waals surface area contributed by atoms with Gasteiger partial charge in [-0.1, -0.05) is 93.5 Å². The summed E-state index contributed by atoms with van der Waals surface area (Å²) in [6.07, 6.45) is 0.814. The van der Waals surface area contributed by atoms with Gasteiger partial charge in [0.25, 0.3) is 0 Å². The van der Waals surface area contributed by atoms with Crippen molar-refractivity contribution in [3.63, 3.8) is 0 Å². The number of phenolic OH excluding ortho intramolecular Hbond substituents is 2. The van der Waals surface area contributed by atoms with E-state index in [1.54, 1.807) is 53.7 Å². The third-order valence-corrected chi connectivity index (χ3v) is 14.0. The summed E-state index contributed by atoms with van der Waals surface area (Å²) >= 11 is 0. The Hall–Kier alpha value is -8.76. The monoisotopic (exact) mass is 1280 g/mol. The van der Waals surface area contributed by atoms with Crippen LogP contribution < -0.4 is 76.5 Å². The number of nitrogens with zero attached hydrogens (tertiary/aromatic N) is 2. The molecule has 29 nitrogen and oxygen atoms in total. The Labute approximate surface area is 533 Å². The second-order valence-corrected chi connectivity index (χ2v) is 25.0. The van der Waals surface area contributed by atoms with E-state index in [1.807, 2.05) is 27.7 Å². The second-order valence-electron chi connectivity index (χ2n) is 25.0. The Balaban J connectivity index is 2.46. The van der Waals surface area contributed by atoms with Crippen molar-refractivity contribution < 1.29 is 63.3 Å². The molecule has 0 spiro atoms. The molecule has 2 rings (SSSR count). The molecule has 9 amide bonds. The molecule has 0 aliphatic carbocycles. The van der Waals surface area contributed by atoms with Crippen LogP contribution in [0.5, 0.6) is 11.5 Å². The van der Waals surface area contributed by atoms with Gasteiger partial charge < -0.3 is 91.8 Å². The number of rotatable bonds is 41. The first-order valence-corrected chi connectivity index (χ1v) is 31.0. The summed E-state index contributed by atoms with van der Waals surface area (Å²) in [4.78, 5) is 147. The molecule has 0 saturated carbocycles. The van der Waals surface area contributed by atoms with Gasteiger partial charge in [-0.05, 0) is 123 Å². The standard InChI is InChI=1S/C62H102N16O13/c1-33(2)25-44(53(83)70-32-51(81)71-50(60(90)91)31-39-17-21-41(80)22-18-39)74-57(87)48(29-37(9)10)76-58(88)47(28-36(7)8)75-54(84)43(14-12-24-69-62(66)67)72-55(85)46(27-35(5)6)77-59(89)49(30-38-15-19-40(79)20-16-38)78-56(86)45(26-34(3)4)73-52(82)42(63)13-11-23-68-61(64)65/h15-22,33-37,42-50,79-80H,11-14,23-32,63H2,1-10H3,(H,70,83)(H,71,81)(H,72,85)(H,73,82)(H,74,87)(H,75,84)(H,76,88)(H,77,89)(H,78,86)(H,90,91)(H4,64,65,68)(H4,66,67,69). The number of carboxylic acids is 1. The molecule has 9 unspecified atom stereocenters. The largest absolute Gasteiger partial charge is 0.508 e. The van der Waals surface area contributed by atoms with Crippen LogP contribution in [-0.2, 0) is 60.8 Å². The van der Waals surface area contributed by atoms with Crippen LogP contribution in [0, 0.1) is 29.6 Å². The Morgan fingerprint density at radius 1 is 0.396 bits per heavy atom. The number of phenols is 2. The number of amides is 9. The minimum atomic E-state index is -1.37. The van der Waals surface area contributed by atoms with Gasteiger partial charge in [0.05, 0.1) is 12.6 Å². The third-order valence-electron chi connectivity index (χ3n) is 14.0. The SMILES string of the molecule is CC(C)CC(NC(=O)C(N)CCCN=C(N)N)C(=O)NC(Cc1ccc(O)cc1)C(=O)NC(CC(C)C)C(=O)NC(CCCN=C(N)N)C(=O)NC(CC(C)C)C(=O)NC(CC(C)C)C(=O)NC(CC(C)C)C(=O)NCC(=O)NC(Cc1ccc(O)cc1)C(=O)O. The number of aliphatic imine (C=N–C) groups is 2. The van der Waals surface area contributed by atoms with E-state index in [1.165, 1.54) is 36.4 Å². The van der Waals surface area contributed by atoms with Gasteiger partial charge >= 0.3 is 5.97 Å². The van der Waals surface area contributed by atoms with Crippen LogP contribution >= 0.6 is 0 Å². The Bertz CT molecular complexity index is 2750. The lowest BCUT2D eigenvalue weighted by atomic mass is 9.98. The molecule has 508 valence electrons. The summed E-state index contributed by atoms with van der Waals surface area (Å²) in [6, 6.07) is 0.303. The summed E-state index contributed by atoms with van der Waals surface area (Å²) in [5.74, 6) is -9.52. The zero-order chi connectivity index (χ0) is 68.7. The van der Waals surface area contributed by atoms with Crippen molar-refractivity contribution >= 4 is 71.1 Å². The molecular formula is C62H102N16O13. The molecule has 22 N–H and O–H groups in total. The van der Waals surface area contributed by atoms with Crippen LogP contribution in [0.25, 0.3) is 0 Å². The van der Waals surface area contributed by atoms with Crippen LogP contribution in [0.1, 0.15) is 138 Å². The Morgan fingerprint density at radius 2 is 0.692 bits per heavy atom. The molecule has 9 atom stereocenters. The van der Waals surface area contributed by atoms with E-state index < -0.39 is 120 Å². The summed E-state index contributed by atoms with van der Waals surface area (Å²) in [6.45, 7) is 17.8. The number of hydrogen-bond donors (Lipinski definition) is 17. The van der Waals surface area contributed by atoms with Crippen LogP contribution in [0.3, 0.4) is 0 Å². The molecule has 0 heterocycles.